The van der Waals surface area contributed by atoms with Crippen LogP contribution in [0.15, 0.2) is 54.6 Å². The zero-order valence-corrected chi connectivity index (χ0v) is 14.9. The van der Waals surface area contributed by atoms with Crippen LogP contribution in [0.25, 0.3) is 6.08 Å². The van der Waals surface area contributed by atoms with Gasteiger partial charge < -0.3 is 20.1 Å². The number of nitrogens with one attached hydrogen (secondary N) is 2. The summed E-state index contributed by atoms with van der Waals surface area (Å²) in [5, 5.41) is 5.36. The maximum Gasteiger partial charge on any atom is 0.244 e. The molecule has 6 heteroatoms. The Bertz CT molecular complexity index is 818. The monoisotopic (exact) mass is 366 g/mol. The Hall–Kier alpha value is -3.28. The zero-order valence-electron chi connectivity index (χ0n) is 14.9. The van der Waals surface area contributed by atoms with Crippen LogP contribution in [-0.4, -0.2) is 38.1 Å². The van der Waals surface area contributed by atoms with Gasteiger partial charge >= 0.3 is 0 Å². The van der Waals surface area contributed by atoms with Crippen molar-refractivity contribution in [1.82, 2.24) is 10.6 Å². The molecule has 1 aliphatic heterocycles. The van der Waals surface area contributed by atoms with Crippen molar-refractivity contribution >= 4 is 17.9 Å². The highest BCUT2D eigenvalue weighted by atomic mass is 16.6. The van der Waals surface area contributed by atoms with E-state index in [0.717, 1.165) is 17.5 Å². The van der Waals surface area contributed by atoms with Gasteiger partial charge in [-0.1, -0.05) is 36.4 Å². The van der Waals surface area contributed by atoms with E-state index < -0.39 is 0 Å². The average Bonchev–Trinajstić information content (AvgIpc) is 2.71. The molecule has 27 heavy (non-hydrogen) atoms. The number of amides is 2. The number of hydrogen-bond donors (Lipinski definition) is 2. The maximum atomic E-state index is 11.9. The van der Waals surface area contributed by atoms with Gasteiger partial charge in [-0.2, -0.15) is 0 Å². The minimum Gasteiger partial charge on any atom is -0.486 e. The first-order valence-electron chi connectivity index (χ1n) is 8.87. The first-order valence-corrected chi connectivity index (χ1v) is 8.87. The number of rotatable bonds is 7. The van der Waals surface area contributed by atoms with Crippen molar-refractivity contribution in [3.63, 3.8) is 0 Å². The fraction of sp³-hybridized carbons (Fsp3) is 0.238. The van der Waals surface area contributed by atoms with Gasteiger partial charge in [-0.05, 0) is 35.8 Å². The minimum atomic E-state index is -0.330. The SMILES string of the molecule is O=C(/C=C/c1ccc2c(c1)OCCO2)NCC(=O)NCCc1ccccc1. The molecule has 0 aromatic heterocycles. The third-order valence-electron chi connectivity index (χ3n) is 4.00. The molecule has 1 heterocycles. The summed E-state index contributed by atoms with van der Waals surface area (Å²) in [7, 11) is 0. The Kier molecular flexibility index (Phi) is 6.46. The lowest BCUT2D eigenvalue weighted by Gasteiger charge is -2.18. The van der Waals surface area contributed by atoms with Crippen LogP contribution in [0.4, 0.5) is 0 Å². The molecule has 0 aliphatic carbocycles. The van der Waals surface area contributed by atoms with Crippen LogP contribution in [0.3, 0.4) is 0 Å². The second-order valence-corrected chi connectivity index (χ2v) is 6.04. The molecule has 0 saturated heterocycles. The molecule has 6 nitrogen and oxygen atoms in total. The van der Waals surface area contributed by atoms with Gasteiger partial charge in [-0.25, -0.2) is 0 Å². The Labute approximate surface area is 158 Å². The Morgan fingerprint density at radius 1 is 0.963 bits per heavy atom. The smallest absolute Gasteiger partial charge is 0.244 e. The molecule has 0 bridgehead atoms. The quantitative estimate of drug-likeness (QED) is 0.735. The molecule has 2 N–H and O–H groups in total. The number of carbonyl (C=O) groups excluding carboxylic acids is 2. The van der Waals surface area contributed by atoms with Gasteiger partial charge in [-0.15, -0.1) is 0 Å². The molecule has 2 aromatic carbocycles. The third-order valence-corrected chi connectivity index (χ3v) is 4.00. The highest BCUT2D eigenvalue weighted by molar-refractivity contribution is 5.94. The van der Waals surface area contributed by atoms with Gasteiger partial charge in [-0.3, -0.25) is 9.59 Å². The van der Waals surface area contributed by atoms with Crippen LogP contribution in [0.2, 0.25) is 0 Å². The molecule has 0 unspecified atom stereocenters. The van der Waals surface area contributed by atoms with E-state index >= 15 is 0 Å². The first kappa shape index (κ1) is 18.5. The van der Waals surface area contributed by atoms with E-state index in [0.29, 0.717) is 31.3 Å². The highest BCUT2D eigenvalue weighted by Crippen LogP contribution is 2.30. The van der Waals surface area contributed by atoms with Crippen LogP contribution in [-0.2, 0) is 16.0 Å². The summed E-state index contributed by atoms with van der Waals surface area (Å²) in [5.41, 5.74) is 1.98. The molecule has 1 aliphatic rings. The Morgan fingerprint density at radius 3 is 2.56 bits per heavy atom. The van der Waals surface area contributed by atoms with Gasteiger partial charge in [0.05, 0.1) is 6.54 Å². The van der Waals surface area contributed by atoms with Crippen LogP contribution >= 0.6 is 0 Å². The second kappa shape index (κ2) is 9.43. The van der Waals surface area contributed by atoms with E-state index in [4.69, 9.17) is 9.47 Å². The Morgan fingerprint density at radius 2 is 1.74 bits per heavy atom. The predicted octanol–water partition coefficient (Wildman–Crippen LogP) is 1.95. The third kappa shape index (κ3) is 5.88. The van der Waals surface area contributed by atoms with Gasteiger partial charge in [0.15, 0.2) is 11.5 Å². The van der Waals surface area contributed by atoms with E-state index in [2.05, 4.69) is 10.6 Å². The standard InChI is InChI=1S/C21H22N2O4/c24-20(9-7-17-6-8-18-19(14-17)27-13-12-26-18)23-15-21(25)22-11-10-16-4-2-1-3-5-16/h1-9,14H,10-13,15H2,(H,22,25)(H,23,24)/b9-7+. The normalized spacial score (nSPS) is 12.6. The fourth-order valence-electron chi connectivity index (χ4n) is 2.62. The summed E-state index contributed by atoms with van der Waals surface area (Å²) in [6, 6.07) is 15.4. The summed E-state index contributed by atoms with van der Waals surface area (Å²) in [6.07, 6.45) is 3.81. The fourth-order valence-corrected chi connectivity index (χ4v) is 2.62. The summed E-state index contributed by atoms with van der Waals surface area (Å²) >= 11 is 0. The number of fused-ring (bicyclic) bond motifs is 1. The lowest BCUT2D eigenvalue weighted by atomic mass is 10.1. The van der Waals surface area contributed by atoms with E-state index in [1.165, 1.54) is 6.08 Å². The van der Waals surface area contributed by atoms with E-state index in [1.54, 1.807) is 6.08 Å². The van der Waals surface area contributed by atoms with Crippen molar-refractivity contribution in [2.75, 3.05) is 26.3 Å². The van der Waals surface area contributed by atoms with Crippen molar-refractivity contribution in [1.29, 1.82) is 0 Å². The number of benzene rings is 2. The van der Waals surface area contributed by atoms with Gasteiger partial charge in [0.2, 0.25) is 11.8 Å². The summed E-state index contributed by atoms with van der Waals surface area (Å²) in [5.74, 6) is 0.826. The van der Waals surface area contributed by atoms with Gasteiger partial charge in [0.25, 0.3) is 0 Å². The van der Waals surface area contributed by atoms with Crippen molar-refractivity contribution in [3.8, 4) is 11.5 Å². The largest absolute Gasteiger partial charge is 0.486 e. The average molecular weight is 366 g/mol. The van der Waals surface area contributed by atoms with Gasteiger partial charge in [0.1, 0.15) is 13.2 Å². The molecule has 2 aromatic rings. The lowest BCUT2D eigenvalue weighted by molar-refractivity contribution is -0.123. The predicted molar refractivity (Wildman–Crippen MR) is 103 cm³/mol. The highest BCUT2D eigenvalue weighted by Gasteiger charge is 2.10. The maximum absolute atomic E-state index is 11.9. The van der Waals surface area contributed by atoms with E-state index in [9.17, 15) is 9.59 Å². The number of hydrogen-bond acceptors (Lipinski definition) is 4. The van der Waals surface area contributed by atoms with Crippen LogP contribution < -0.4 is 20.1 Å². The Balaban J connectivity index is 1.38. The van der Waals surface area contributed by atoms with Crippen LogP contribution in [0.5, 0.6) is 11.5 Å². The molecule has 140 valence electrons. The van der Waals surface area contributed by atoms with E-state index in [1.807, 2.05) is 48.5 Å². The second-order valence-electron chi connectivity index (χ2n) is 6.04. The number of ether oxygens (including phenoxy) is 2. The first-order chi connectivity index (χ1) is 13.2. The molecule has 0 radical (unpaired) electrons. The van der Waals surface area contributed by atoms with Crippen molar-refractivity contribution in [3.05, 3.63) is 65.7 Å². The molecular formula is C21H22N2O4. The molecule has 2 amide bonds. The van der Waals surface area contributed by atoms with Crippen LogP contribution in [0, 0.1) is 0 Å². The summed E-state index contributed by atoms with van der Waals surface area (Å²) in [6.45, 7) is 1.53. The van der Waals surface area contributed by atoms with E-state index in [-0.39, 0.29) is 18.4 Å². The van der Waals surface area contributed by atoms with Crippen LogP contribution in [0.1, 0.15) is 11.1 Å². The topological polar surface area (TPSA) is 76.7 Å². The number of carbonyl (C=O) groups is 2. The molecule has 0 spiro atoms. The van der Waals surface area contributed by atoms with Gasteiger partial charge in [0, 0.05) is 12.6 Å². The van der Waals surface area contributed by atoms with Crippen molar-refractivity contribution in [2.45, 2.75) is 6.42 Å². The summed E-state index contributed by atoms with van der Waals surface area (Å²) in [4.78, 5) is 23.7. The summed E-state index contributed by atoms with van der Waals surface area (Å²) < 4.78 is 11.0. The molecule has 3 rings (SSSR count). The minimum absolute atomic E-state index is 0.0564. The van der Waals surface area contributed by atoms with Crippen molar-refractivity contribution < 1.29 is 19.1 Å². The van der Waals surface area contributed by atoms with Crippen molar-refractivity contribution in [2.24, 2.45) is 0 Å². The molecule has 0 atom stereocenters. The lowest BCUT2D eigenvalue weighted by Crippen LogP contribution is -2.37. The molecule has 0 fully saturated rings. The molecular weight excluding hydrogens is 344 g/mol. The zero-order chi connectivity index (χ0) is 18.9. The molecule has 0 saturated carbocycles.